The number of piperazine rings is 1. The van der Waals surface area contributed by atoms with Crippen LogP contribution in [0.5, 0.6) is 0 Å². The van der Waals surface area contributed by atoms with E-state index in [1.165, 1.54) is 12.4 Å². The second-order valence-electron chi connectivity index (χ2n) is 4.47. The summed E-state index contributed by atoms with van der Waals surface area (Å²) in [6, 6.07) is -0.466. The summed E-state index contributed by atoms with van der Waals surface area (Å²) < 4.78 is 31.4. The maximum atomic E-state index is 12.8. The molecule has 0 bridgehead atoms. The first-order chi connectivity index (χ1) is 9.63. The van der Waals surface area contributed by atoms with Crippen LogP contribution >= 0.6 is 0 Å². The van der Waals surface area contributed by atoms with E-state index in [0.717, 1.165) is 4.57 Å². The molecule has 1 unspecified atom stereocenters. The third kappa shape index (κ3) is 3.31. The molecule has 1 saturated heterocycles. The molecule has 1 fully saturated rings. The van der Waals surface area contributed by atoms with Gasteiger partial charge in [0.05, 0.1) is 13.2 Å². The quantitative estimate of drug-likeness (QED) is 0.805. The third-order valence-corrected chi connectivity index (χ3v) is 3.22. The van der Waals surface area contributed by atoms with Gasteiger partial charge in [-0.1, -0.05) is 0 Å². The number of carbonyl (C=O) groups excluding carboxylic acids is 1. The third-order valence-electron chi connectivity index (χ3n) is 3.22. The van der Waals surface area contributed by atoms with E-state index in [2.05, 4.69) is 10.3 Å². The minimum absolute atomic E-state index is 0.197. The van der Waals surface area contributed by atoms with Crippen LogP contribution in [-0.4, -0.2) is 52.7 Å². The molecule has 1 aliphatic rings. The highest BCUT2D eigenvalue weighted by Gasteiger charge is 2.30. The summed E-state index contributed by atoms with van der Waals surface area (Å²) in [4.78, 5) is 17.6. The van der Waals surface area contributed by atoms with E-state index in [0.29, 0.717) is 26.2 Å². The molecule has 1 N–H and O–H groups in total. The van der Waals surface area contributed by atoms with Crippen molar-refractivity contribution < 1.29 is 18.3 Å². The summed E-state index contributed by atoms with van der Waals surface area (Å²) >= 11 is 0. The molecule has 8 heteroatoms. The van der Waals surface area contributed by atoms with Crippen LogP contribution in [0.1, 0.15) is 19.3 Å². The molecule has 1 aliphatic heterocycles. The lowest BCUT2D eigenvalue weighted by molar-refractivity contribution is -0.150. The zero-order valence-electron chi connectivity index (χ0n) is 11.3. The molecule has 2 heterocycles. The molecular formula is C12H18F2N4O2. The second-order valence-corrected chi connectivity index (χ2v) is 4.47. The van der Waals surface area contributed by atoms with Gasteiger partial charge < -0.3 is 10.1 Å². The molecule has 0 aromatic carbocycles. The topological polar surface area (TPSA) is 59.4 Å². The summed E-state index contributed by atoms with van der Waals surface area (Å²) in [6.07, 6.45) is 2.57. The Bertz CT molecular complexity index is 452. The predicted molar refractivity (Wildman–Crippen MR) is 67.2 cm³/mol. The molecule has 20 heavy (non-hydrogen) atoms. The summed E-state index contributed by atoms with van der Waals surface area (Å²) in [5.74, 6) is -0.0916. The molecule has 1 aromatic rings. The molecular weight excluding hydrogens is 270 g/mol. The van der Waals surface area contributed by atoms with Gasteiger partial charge in [0, 0.05) is 32.0 Å². The van der Waals surface area contributed by atoms with Crippen LogP contribution in [0.15, 0.2) is 12.4 Å². The van der Waals surface area contributed by atoms with Crippen LogP contribution in [0.25, 0.3) is 0 Å². The summed E-state index contributed by atoms with van der Waals surface area (Å²) in [5, 5.41) is 3.10. The number of hydrogen-bond donors (Lipinski definition) is 1. The van der Waals surface area contributed by atoms with Crippen LogP contribution in [0.3, 0.4) is 0 Å². The lowest BCUT2D eigenvalue weighted by Crippen LogP contribution is -2.55. The fourth-order valence-corrected chi connectivity index (χ4v) is 2.23. The number of ether oxygens (including phenoxy) is 1. The van der Waals surface area contributed by atoms with Crippen LogP contribution in [-0.2, 0) is 16.1 Å². The summed E-state index contributed by atoms with van der Waals surface area (Å²) in [5.41, 5.74) is 0. The van der Waals surface area contributed by atoms with Crippen molar-refractivity contribution in [2.75, 3.05) is 26.2 Å². The van der Waals surface area contributed by atoms with Crippen LogP contribution in [0, 0.1) is 0 Å². The van der Waals surface area contributed by atoms with E-state index in [1.54, 1.807) is 6.92 Å². The van der Waals surface area contributed by atoms with Gasteiger partial charge in [-0.15, -0.1) is 0 Å². The zero-order valence-corrected chi connectivity index (χ0v) is 11.3. The smallest absolute Gasteiger partial charge is 0.324 e. The van der Waals surface area contributed by atoms with E-state index in [4.69, 9.17) is 4.74 Å². The number of hydrogen-bond acceptors (Lipinski definition) is 5. The highest BCUT2D eigenvalue weighted by Crippen LogP contribution is 2.16. The Morgan fingerprint density at radius 3 is 3.15 bits per heavy atom. The highest BCUT2D eigenvalue weighted by atomic mass is 19.3. The van der Waals surface area contributed by atoms with E-state index in [9.17, 15) is 13.6 Å². The average molecular weight is 288 g/mol. The first-order valence-corrected chi connectivity index (χ1v) is 6.54. The Kier molecular flexibility index (Phi) is 5.02. The Labute approximate surface area is 115 Å². The fraction of sp³-hybridized carbons (Fsp3) is 0.667. The van der Waals surface area contributed by atoms with E-state index < -0.39 is 12.6 Å². The van der Waals surface area contributed by atoms with Crippen molar-refractivity contribution in [1.29, 1.82) is 0 Å². The number of halogens is 2. The van der Waals surface area contributed by atoms with Gasteiger partial charge in [0.1, 0.15) is 11.9 Å². The van der Waals surface area contributed by atoms with Gasteiger partial charge in [-0.3, -0.25) is 14.3 Å². The number of nitrogens with zero attached hydrogens (tertiary/aromatic N) is 3. The minimum atomic E-state index is -2.63. The van der Waals surface area contributed by atoms with Gasteiger partial charge in [-0.05, 0) is 6.92 Å². The Morgan fingerprint density at radius 1 is 1.65 bits per heavy atom. The standard InChI is InChI=1S/C12H18F2N4O2/c1-2-20-11(19)9-7-15-3-5-17(9)8-10-16-4-6-18(10)12(13)14/h4,6,9,12,15H,2-3,5,7-8H2,1H3. The van der Waals surface area contributed by atoms with Gasteiger partial charge >= 0.3 is 12.5 Å². The number of nitrogens with one attached hydrogen (secondary N) is 1. The monoisotopic (exact) mass is 288 g/mol. The number of rotatable bonds is 5. The Morgan fingerprint density at radius 2 is 2.45 bits per heavy atom. The number of imidazole rings is 1. The van der Waals surface area contributed by atoms with Crippen molar-refractivity contribution in [1.82, 2.24) is 19.8 Å². The SMILES string of the molecule is CCOC(=O)C1CNCCN1Cc1nccn1C(F)F. The van der Waals surface area contributed by atoms with Gasteiger partial charge in [0.2, 0.25) is 0 Å². The number of aromatic nitrogens is 2. The molecule has 1 aromatic heterocycles. The van der Waals surface area contributed by atoms with Crippen molar-refractivity contribution >= 4 is 5.97 Å². The zero-order chi connectivity index (χ0) is 14.5. The Balaban J connectivity index is 2.08. The largest absolute Gasteiger partial charge is 0.465 e. The van der Waals surface area contributed by atoms with E-state index in [-0.39, 0.29) is 18.3 Å². The van der Waals surface area contributed by atoms with Crippen molar-refractivity contribution in [3.8, 4) is 0 Å². The lowest BCUT2D eigenvalue weighted by Gasteiger charge is -2.34. The molecule has 2 rings (SSSR count). The van der Waals surface area contributed by atoms with Crippen LogP contribution in [0.4, 0.5) is 8.78 Å². The van der Waals surface area contributed by atoms with Gasteiger partial charge in [0.15, 0.2) is 0 Å². The average Bonchev–Trinajstić information content (AvgIpc) is 2.88. The molecule has 112 valence electrons. The lowest BCUT2D eigenvalue weighted by atomic mass is 10.2. The molecule has 0 amide bonds. The number of alkyl halides is 2. The summed E-state index contributed by atoms with van der Waals surface area (Å²) in [6.45, 7) is 1.34. The molecule has 0 aliphatic carbocycles. The van der Waals surface area contributed by atoms with Gasteiger partial charge in [-0.2, -0.15) is 8.78 Å². The fourth-order valence-electron chi connectivity index (χ4n) is 2.23. The highest BCUT2D eigenvalue weighted by molar-refractivity contribution is 5.76. The Hall–Kier alpha value is -1.54. The molecule has 0 spiro atoms. The van der Waals surface area contributed by atoms with Crippen LogP contribution in [0.2, 0.25) is 0 Å². The van der Waals surface area contributed by atoms with Crippen molar-refractivity contribution in [2.45, 2.75) is 26.1 Å². The molecule has 0 saturated carbocycles. The second kappa shape index (κ2) is 6.76. The maximum absolute atomic E-state index is 12.8. The minimum Gasteiger partial charge on any atom is -0.465 e. The normalized spacial score (nSPS) is 20.3. The number of esters is 1. The van der Waals surface area contributed by atoms with Gasteiger partial charge in [-0.25, -0.2) is 4.98 Å². The molecule has 0 radical (unpaired) electrons. The predicted octanol–water partition coefficient (Wildman–Crippen LogP) is 0.615. The van der Waals surface area contributed by atoms with Gasteiger partial charge in [0.25, 0.3) is 0 Å². The first kappa shape index (κ1) is 14.9. The van der Waals surface area contributed by atoms with E-state index in [1.807, 2.05) is 4.90 Å². The molecule has 1 atom stereocenters. The maximum Gasteiger partial charge on any atom is 0.324 e. The summed E-state index contributed by atoms with van der Waals surface area (Å²) in [7, 11) is 0. The first-order valence-electron chi connectivity index (χ1n) is 6.54. The van der Waals surface area contributed by atoms with Crippen molar-refractivity contribution in [2.24, 2.45) is 0 Å². The van der Waals surface area contributed by atoms with Crippen molar-refractivity contribution in [3.05, 3.63) is 18.2 Å². The molecule has 6 nitrogen and oxygen atoms in total. The van der Waals surface area contributed by atoms with E-state index >= 15 is 0 Å². The van der Waals surface area contributed by atoms with Crippen LogP contribution < -0.4 is 5.32 Å². The number of carbonyl (C=O) groups is 1. The van der Waals surface area contributed by atoms with Crippen molar-refractivity contribution in [3.63, 3.8) is 0 Å².